The highest BCUT2D eigenvalue weighted by molar-refractivity contribution is 8.01. The first-order valence-corrected chi connectivity index (χ1v) is 11.3. The maximum atomic E-state index is 10.5. The van der Waals surface area contributed by atoms with Gasteiger partial charge in [0.2, 0.25) is 5.13 Å². The van der Waals surface area contributed by atoms with Crippen LogP contribution >= 0.6 is 34.4 Å². The van der Waals surface area contributed by atoms with Gasteiger partial charge in [0.1, 0.15) is 28.2 Å². The molecule has 0 atom stereocenters. The number of methoxy groups -OCH3 is 1. The molecule has 7 nitrogen and oxygen atoms in total. The number of para-hydroxylation sites is 1. The third-order valence-corrected chi connectivity index (χ3v) is 7.03. The van der Waals surface area contributed by atoms with Crippen molar-refractivity contribution in [1.82, 2.24) is 15.2 Å². The number of aliphatic hydroxyl groups is 1. The third-order valence-electron chi connectivity index (χ3n) is 3.99. The highest BCUT2D eigenvalue weighted by atomic mass is 32.2. The molecule has 0 amide bonds. The fraction of sp³-hybridized carbons (Fsp3) is 0.100. The van der Waals surface area contributed by atoms with Crippen molar-refractivity contribution in [3.05, 3.63) is 59.3 Å². The van der Waals surface area contributed by atoms with Crippen LogP contribution in [0.1, 0.15) is 5.01 Å². The molecular formula is C20H15N5O2S3. The van der Waals surface area contributed by atoms with Crippen LogP contribution in [0.15, 0.2) is 58.6 Å². The molecule has 0 saturated heterocycles. The van der Waals surface area contributed by atoms with Crippen molar-refractivity contribution in [2.24, 2.45) is 0 Å². The van der Waals surface area contributed by atoms with Gasteiger partial charge in [0.25, 0.3) is 0 Å². The second-order valence-electron chi connectivity index (χ2n) is 5.94. The topological polar surface area (TPSA) is 104 Å². The SMILES string of the molecule is COc1ccc(Nc2nnc(SC/C(O)=C(\C#N)c3nc4ccccc4s3)s2)cc1. The number of nitrogens with zero attached hydrogens (tertiary/aromatic N) is 4. The van der Waals surface area contributed by atoms with Crippen molar-refractivity contribution in [2.45, 2.75) is 4.34 Å². The summed E-state index contributed by atoms with van der Waals surface area (Å²) in [5, 5.41) is 32.6. The van der Waals surface area contributed by atoms with Crippen LogP contribution in [0, 0.1) is 11.3 Å². The zero-order valence-corrected chi connectivity index (χ0v) is 18.1. The summed E-state index contributed by atoms with van der Waals surface area (Å²) in [6, 6.07) is 17.2. The Labute approximate surface area is 184 Å². The number of thioether (sulfide) groups is 1. The van der Waals surface area contributed by atoms with Crippen molar-refractivity contribution in [1.29, 1.82) is 5.26 Å². The summed E-state index contributed by atoms with van der Waals surface area (Å²) < 4.78 is 6.80. The van der Waals surface area contributed by atoms with Gasteiger partial charge < -0.3 is 15.2 Å². The number of hydrogen-bond donors (Lipinski definition) is 2. The van der Waals surface area contributed by atoms with Crippen molar-refractivity contribution in [3.63, 3.8) is 0 Å². The molecule has 0 saturated carbocycles. The van der Waals surface area contributed by atoms with Crippen molar-refractivity contribution in [3.8, 4) is 11.8 Å². The van der Waals surface area contributed by atoms with Crippen LogP contribution in [0.5, 0.6) is 5.75 Å². The van der Waals surface area contributed by atoms with Gasteiger partial charge in [0.05, 0.1) is 23.1 Å². The second-order valence-corrected chi connectivity index (χ2v) is 9.17. The average Bonchev–Trinajstić information content (AvgIpc) is 3.40. The summed E-state index contributed by atoms with van der Waals surface area (Å²) in [5.41, 5.74) is 1.86. The van der Waals surface area contributed by atoms with E-state index in [0.717, 1.165) is 21.7 Å². The Morgan fingerprint density at radius 2 is 1.97 bits per heavy atom. The standard InChI is InChI=1S/C20H15N5O2S3/c1-27-13-8-6-12(7-9-13)22-19-24-25-20(30-19)28-11-16(26)14(10-21)18-23-15-4-2-3-5-17(15)29-18/h2-9,26H,11H2,1H3,(H,22,24)/b16-14-. The highest BCUT2D eigenvalue weighted by Gasteiger charge is 2.15. The number of benzene rings is 2. The van der Waals surface area contributed by atoms with E-state index < -0.39 is 0 Å². The smallest absolute Gasteiger partial charge is 0.210 e. The first kappa shape index (κ1) is 20.2. The quantitative estimate of drug-likeness (QED) is 0.215. The summed E-state index contributed by atoms with van der Waals surface area (Å²) >= 11 is 4.06. The fourth-order valence-electron chi connectivity index (χ4n) is 2.53. The van der Waals surface area contributed by atoms with Gasteiger partial charge in [0.15, 0.2) is 4.34 Å². The lowest BCUT2D eigenvalue weighted by Crippen LogP contribution is -1.92. The van der Waals surface area contributed by atoms with E-state index in [1.807, 2.05) is 48.5 Å². The summed E-state index contributed by atoms with van der Waals surface area (Å²) in [5.74, 6) is 0.954. The van der Waals surface area contributed by atoms with Gasteiger partial charge in [-0.05, 0) is 36.4 Å². The molecule has 0 spiro atoms. The molecule has 150 valence electrons. The van der Waals surface area contributed by atoms with Gasteiger partial charge in [-0.1, -0.05) is 35.2 Å². The van der Waals surface area contributed by atoms with E-state index in [0.29, 0.717) is 14.5 Å². The van der Waals surface area contributed by atoms with E-state index in [9.17, 15) is 10.4 Å². The number of thiazole rings is 1. The van der Waals surface area contributed by atoms with Crippen molar-refractivity contribution in [2.75, 3.05) is 18.2 Å². The van der Waals surface area contributed by atoms with E-state index in [2.05, 4.69) is 26.6 Å². The number of allylic oxidation sites excluding steroid dienone is 1. The van der Waals surface area contributed by atoms with Crippen molar-refractivity contribution >= 4 is 61.0 Å². The minimum atomic E-state index is -0.0265. The maximum absolute atomic E-state index is 10.5. The number of nitrogens with one attached hydrogen (secondary N) is 1. The van der Waals surface area contributed by atoms with Crippen molar-refractivity contribution < 1.29 is 9.84 Å². The van der Waals surface area contributed by atoms with Gasteiger partial charge in [-0.15, -0.1) is 21.5 Å². The van der Waals surface area contributed by atoms with Gasteiger partial charge in [-0.25, -0.2) is 4.98 Å². The van der Waals surface area contributed by atoms with E-state index >= 15 is 0 Å². The van der Waals surface area contributed by atoms with Gasteiger partial charge >= 0.3 is 0 Å². The van der Waals surface area contributed by atoms with Gasteiger partial charge in [-0.3, -0.25) is 0 Å². The lowest BCUT2D eigenvalue weighted by Gasteiger charge is -2.03. The number of fused-ring (bicyclic) bond motifs is 1. The van der Waals surface area contributed by atoms with Crippen LogP contribution in [0.4, 0.5) is 10.8 Å². The molecule has 0 aliphatic carbocycles. The maximum Gasteiger partial charge on any atom is 0.210 e. The summed E-state index contributed by atoms with van der Waals surface area (Å²) in [6.07, 6.45) is 0. The van der Waals surface area contributed by atoms with E-state index in [-0.39, 0.29) is 17.1 Å². The van der Waals surface area contributed by atoms with E-state index in [1.54, 1.807) is 7.11 Å². The molecule has 10 heteroatoms. The van der Waals surface area contributed by atoms with Crippen LogP contribution < -0.4 is 10.1 Å². The fourth-order valence-corrected chi connectivity index (χ4v) is 5.17. The molecule has 4 rings (SSSR count). The average molecular weight is 454 g/mol. The molecule has 0 unspecified atom stereocenters. The predicted octanol–water partition coefficient (Wildman–Crippen LogP) is 5.48. The molecule has 0 bridgehead atoms. The van der Waals surface area contributed by atoms with Crippen LogP contribution in [0.3, 0.4) is 0 Å². The summed E-state index contributed by atoms with van der Waals surface area (Å²) in [4.78, 5) is 4.45. The Hall–Kier alpha value is -3.13. The van der Waals surface area contributed by atoms with Crippen LogP contribution in [0.25, 0.3) is 15.8 Å². The highest BCUT2D eigenvalue weighted by Crippen LogP contribution is 2.32. The molecule has 2 N–H and O–H groups in total. The Morgan fingerprint density at radius 1 is 1.17 bits per heavy atom. The largest absolute Gasteiger partial charge is 0.510 e. The number of anilines is 2. The molecule has 0 fully saturated rings. The first-order chi connectivity index (χ1) is 14.7. The molecule has 0 radical (unpaired) electrons. The summed E-state index contributed by atoms with van der Waals surface area (Å²) in [7, 11) is 1.62. The number of nitriles is 1. The Morgan fingerprint density at radius 3 is 2.70 bits per heavy atom. The molecule has 2 heterocycles. The predicted molar refractivity (Wildman–Crippen MR) is 122 cm³/mol. The molecular weight excluding hydrogens is 438 g/mol. The van der Waals surface area contributed by atoms with Crippen LogP contribution in [0.2, 0.25) is 0 Å². The Bertz CT molecular complexity index is 1210. The lowest BCUT2D eigenvalue weighted by molar-refractivity contribution is 0.415. The first-order valence-electron chi connectivity index (χ1n) is 8.72. The monoisotopic (exact) mass is 453 g/mol. The molecule has 0 aliphatic rings. The number of ether oxygens (including phenoxy) is 1. The summed E-state index contributed by atoms with van der Waals surface area (Å²) in [6.45, 7) is 0. The molecule has 2 aromatic carbocycles. The second kappa shape index (κ2) is 9.13. The van der Waals surface area contributed by atoms with E-state index in [1.165, 1.54) is 34.4 Å². The lowest BCUT2D eigenvalue weighted by atomic mass is 10.2. The third kappa shape index (κ3) is 4.54. The Balaban J connectivity index is 1.43. The van der Waals surface area contributed by atoms with E-state index in [4.69, 9.17) is 4.74 Å². The van der Waals surface area contributed by atoms with Crippen LogP contribution in [-0.2, 0) is 0 Å². The zero-order valence-electron chi connectivity index (χ0n) is 15.7. The number of aliphatic hydroxyl groups excluding tert-OH is 1. The molecule has 30 heavy (non-hydrogen) atoms. The number of rotatable bonds is 7. The minimum absolute atomic E-state index is 0.0265. The normalized spacial score (nSPS) is 11.7. The molecule has 4 aromatic rings. The van der Waals surface area contributed by atoms with Crippen LogP contribution in [-0.4, -0.2) is 33.2 Å². The minimum Gasteiger partial charge on any atom is -0.510 e. The number of aromatic nitrogens is 3. The molecule has 2 aromatic heterocycles. The number of hydrogen-bond acceptors (Lipinski definition) is 10. The van der Waals surface area contributed by atoms with Gasteiger partial charge in [-0.2, -0.15) is 5.26 Å². The zero-order chi connectivity index (χ0) is 20.9. The molecule has 0 aliphatic heterocycles. The van der Waals surface area contributed by atoms with Gasteiger partial charge in [0, 0.05) is 5.69 Å². The Kier molecular flexibility index (Phi) is 6.13.